The summed E-state index contributed by atoms with van der Waals surface area (Å²) in [7, 11) is 1.84. The third kappa shape index (κ3) is 2.63. The fourth-order valence-electron chi connectivity index (χ4n) is 2.97. The lowest BCUT2D eigenvalue weighted by molar-refractivity contribution is 0.581. The minimum Gasteiger partial charge on any atom is -0.312 e. The molecule has 0 spiro atoms. The van der Waals surface area contributed by atoms with Gasteiger partial charge in [0.25, 0.3) is 0 Å². The number of rotatable bonds is 3. The third-order valence-electron chi connectivity index (χ3n) is 4.10. The number of aromatic nitrogens is 5. The van der Waals surface area contributed by atoms with E-state index in [-0.39, 0.29) is 5.82 Å². The Morgan fingerprint density at radius 1 is 1.26 bits per heavy atom. The van der Waals surface area contributed by atoms with Gasteiger partial charge >= 0.3 is 0 Å². The highest BCUT2D eigenvalue weighted by molar-refractivity contribution is 5.59. The van der Waals surface area contributed by atoms with Crippen LogP contribution in [0.1, 0.15) is 16.8 Å². The van der Waals surface area contributed by atoms with E-state index < -0.39 is 0 Å². The molecule has 0 fully saturated rings. The molecule has 0 unspecified atom stereocenters. The number of hydrogen-bond acceptors (Lipinski definition) is 4. The number of fused-ring (bicyclic) bond motifs is 1. The molecule has 118 valence electrons. The lowest BCUT2D eigenvalue weighted by Gasteiger charge is -2.15. The van der Waals surface area contributed by atoms with Crippen LogP contribution in [0.2, 0.25) is 0 Å². The molecule has 7 heteroatoms. The first kappa shape index (κ1) is 14.1. The third-order valence-corrected chi connectivity index (χ3v) is 4.10. The number of nitrogens with one attached hydrogen (secondary N) is 1. The van der Waals surface area contributed by atoms with Crippen molar-refractivity contribution in [2.75, 3.05) is 6.54 Å². The van der Waals surface area contributed by atoms with Crippen LogP contribution in [-0.4, -0.2) is 31.3 Å². The highest BCUT2D eigenvalue weighted by Gasteiger charge is 2.23. The van der Waals surface area contributed by atoms with Crippen molar-refractivity contribution in [2.45, 2.75) is 19.5 Å². The first-order chi connectivity index (χ1) is 11.2. The minimum absolute atomic E-state index is 0.222. The first-order valence-electron chi connectivity index (χ1n) is 7.61. The number of aryl methyl sites for hydroxylation is 1. The molecule has 4 rings (SSSR count). The lowest BCUT2D eigenvalue weighted by atomic mass is 10.1. The van der Waals surface area contributed by atoms with E-state index in [9.17, 15) is 4.39 Å². The Hall–Kier alpha value is -2.54. The summed E-state index contributed by atoms with van der Waals surface area (Å²) < 4.78 is 16.8. The second-order valence-electron chi connectivity index (χ2n) is 5.76. The molecular weight excluding hydrogens is 295 g/mol. The van der Waals surface area contributed by atoms with Crippen molar-refractivity contribution in [2.24, 2.45) is 7.05 Å². The molecule has 1 aromatic carbocycles. The zero-order valence-electron chi connectivity index (χ0n) is 12.8. The second-order valence-corrected chi connectivity index (χ2v) is 5.76. The minimum atomic E-state index is -0.222. The van der Waals surface area contributed by atoms with Gasteiger partial charge in [0.2, 0.25) is 0 Å². The fraction of sp³-hybridized carbons (Fsp3) is 0.312. The van der Waals surface area contributed by atoms with E-state index in [0.29, 0.717) is 6.54 Å². The monoisotopic (exact) mass is 312 g/mol. The molecule has 0 aliphatic carbocycles. The molecule has 3 aromatic rings. The second kappa shape index (κ2) is 5.58. The van der Waals surface area contributed by atoms with Gasteiger partial charge in [-0.15, -0.1) is 5.10 Å². The number of halogens is 1. The van der Waals surface area contributed by atoms with Crippen LogP contribution in [-0.2, 0) is 26.6 Å². The van der Waals surface area contributed by atoms with E-state index in [4.69, 9.17) is 5.10 Å². The van der Waals surface area contributed by atoms with Crippen molar-refractivity contribution >= 4 is 0 Å². The van der Waals surface area contributed by atoms with E-state index in [0.717, 1.165) is 36.5 Å². The summed E-state index contributed by atoms with van der Waals surface area (Å²) >= 11 is 0. The van der Waals surface area contributed by atoms with Crippen molar-refractivity contribution < 1.29 is 4.39 Å². The Bertz CT molecular complexity index is 833. The Labute approximate surface area is 132 Å². The van der Waals surface area contributed by atoms with Gasteiger partial charge in [0.15, 0.2) is 0 Å². The summed E-state index contributed by atoms with van der Waals surface area (Å²) in [6, 6.07) is 6.56. The van der Waals surface area contributed by atoms with Crippen LogP contribution < -0.4 is 5.32 Å². The molecule has 6 nitrogen and oxygen atoms in total. The quantitative estimate of drug-likeness (QED) is 0.796. The summed E-state index contributed by atoms with van der Waals surface area (Å²) in [6.07, 6.45) is 2.79. The Balaban J connectivity index is 1.74. The van der Waals surface area contributed by atoms with Crippen LogP contribution in [0.15, 0.2) is 30.5 Å². The fourth-order valence-corrected chi connectivity index (χ4v) is 2.97. The van der Waals surface area contributed by atoms with Crippen molar-refractivity contribution in [1.29, 1.82) is 0 Å². The van der Waals surface area contributed by atoms with E-state index in [2.05, 4.69) is 15.6 Å². The van der Waals surface area contributed by atoms with Crippen LogP contribution in [0, 0.1) is 5.82 Å². The predicted molar refractivity (Wildman–Crippen MR) is 83.1 cm³/mol. The normalized spacial score (nSPS) is 14.0. The average Bonchev–Trinajstić information content (AvgIpc) is 3.14. The smallest absolute Gasteiger partial charge is 0.133 e. The van der Waals surface area contributed by atoms with Gasteiger partial charge in [0.05, 0.1) is 12.7 Å². The van der Waals surface area contributed by atoms with E-state index >= 15 is 0 Å². The molecule has 1 N–H and O–H groups in total. The van der Waals surface area contributed by atoms with E-state index in [1.165, 1.54) is 23.4 Å². The van der Waals surface area contributed by atoms with Gasteiger partial charge < -0.3 is 5.32 Å². The molecule has 0 atom stereocenters. The first-order valence-corrected chi connectivity index (χ1v) is 7.61. The summed E-state index contributed by atoms with van der Waals surface area (Å²) in [6.45, 7) is 2.34. The Kier molecular flexibility index (Phi) is 3.42. The van der Waals surface area contributed by atoms with Crippen molar-refractivity contribution in [3.05, 3.63) is 53.1 Å². The molecule has 1 aliphatic heterocycles. The van der Waals surface area contributed by atoms with Crippen molar-refractivity contribution in [3.8, 4) is 11.4 Å². The largest absolute Gasteiger partial charge is 0.312 e. The highest BCUT2D eigenvalue weighted by atomic mass is 19.1. The van der Waals surface area contributed by atoms with Gasteiger partial charge in [-0.3, -0.25) is 9.36 Å². The zero-order chi connectivity index (χ0) is 15.8. The Morgan fingerprint density at radius 2 is 2.09 bits per heavy atom. The number of nitrogens with zero attached hydrogens (tertiary/aromatic N) is 5. The predicted octanol–water partition coefficient (Wildman–Crippen LogP) is 1.51. The van der Waals surface area contributed by atoms with Gasteiger partial charge in [-0.1, -0.05) is 17.3 Å². The molecule has 0 amide bonds. The van der Waals surface area contributed by atoms with Crippen molar-refractivity contribution in [3.63, 3.8) is 0 Å². The van der Waals surface area contributed by atoms with Gasteiger partial charge in [-0.25, -0.2) is 4.39 Å². The van der Waals surface area contributed by atoms with E-state index in [1.54, 1.807) is 16.8 Å². The number of benzene rings is 1. The molecule has 2 aromatic heterocycles. The summed E-state index contributed by atoms with van der Waals surface area (Å²) in [5.74, 6) is -0.222. The van der Waals surface area contributed by atoms with Crippen LogP contribution in [0.25, 0.3) is 11.4 Å². The molecule has 23 heavy (non-hydrogen) atoms. The maximum atomic E-state index is 13.1. The topological polar surface area (TPSA) is 60.6 Å². The Morgan fingerprint density at radius 3 is 2.83 bits per heavy atom. The van der Waals surface area contributed by atoms with E-state index in [1.807, 2.05) is 17.9 Å². The molecule has 1 aliphatic rings. The lowest BCUT2D eigenvalue weighted by Crippen LogP contribution is -2.25. The SMILES string of the molecule is Cn1cc(-c2nn(Cc3ccc(F)cc3)c3c2CNCC3)nn1. The standard InChI is InChI=1S/C16H17FN6/c1-22-10-14(19-21-22)16-13-8-18-7-6-15(13)23(20-16)9-11-2-4-12(17)5-3-11/h2-5,10,18H,6-9H2,1H3. The molecule has 0 saturated carbocycles. The summed E-state index contributed by atoms with van der Waals surface area (Å²) in [5, 5.41) is 16.3. The van der Waals surface area contributed by atoms with Crippen LogP contribution in [0.5, 0.6) is 0 Å². The highest BCUT2D eigenvalue weighted by Crippen LogP contribution is 2.26. The van der Waals surface area contributed by atoms with Gasteiger partial charge in [-0.05, 0) is 17.7 Å². The van der Waals surface area contributed by atoms with Crippen LogP contribution in [0.4, 0.5) is 4.39 Å². The molecule has 0 bridgehead atoms. The molecule has 3 heterocycles. The van der Waals surface area contributed by atoms with Gasteiger partial charge in [0.1, 0.15) is 17.2 Å². The van der Waals surface area contributed by atoms with Gasteiger partial charge in [0, 0.05) is 37.8 Å². The molecular formula is C16H17FN6. The van der Waals surface area contributed by atoms with Crippen molar-refractivity contribution in [1.82, 2.24) is 30.1 Å². The maximum absolute atomic E-state index is 13.1. The summed E-state index contributed by atoms with van der Waals surface area (Å²) in [4.78, 5) is 0. The molecule has 0 radical (unpaired) electrons. The zero-order valence-corrected chi connectivity index (χ0v) is 12.8. The average molecular weight is 312 g/mol. The molecule has 0 saturated heterocycles. The van der Waals surface area contributed by atoms with Crippen LogP contribution in [0.3, 0.4) is 0 Å². The van der Waals surface area contributed by atoms with Gasteiger partial charge in [-0.2, -0.15) is 5.10 Å². The van der Waals surface area contributed by atoms with Crippen LogP contribution >= 0.6 is 0 Å². The number of hydrogen-bond donors (Lipinski definition) is 1. The summed E-state index contributed by atoms with van der Waals surface area (Å²) in [5.41, 5.74) is 5.08. The maximum Gasteiger partial charge on any atom is 0.133 e.